The van der Waals surface area contributed by atoms with Crippen LogP contribution < -0.4 is 5.73 Å². The van der Waals surface area contributed by atoms with Crippen LogP contribution in [-0.4, -0.2) is 9.67 Å². The number of nitrogens with zero attached hydrogens (tertiary/aromatic N) is 1. The lowest BCUT2D eigenvalue weighted by atomic mass is 10.0. The summed E-state index contributed by atoms with van der Waals surface area (Å²) >= 11 is 5.98. The molecular weight excluding hydrogens is 372 g/mol. The normalized spacial score (nSPS) is 11.8. The molecule has 1 aromatic heterocycles. The van der Waals surface area contributed by atoms with Crippen molar-refractivity contribution in [2.24, 2.45) is 7.05 Å². The minimum absolute atomic E-state index is 0.0222. The van der Waals surface area contributed by atoms with E-state index in [1.807, 2.05) is 0 Å². The molecule has 0 aliphatic heterocycles. The molecule has 0 spiro atoms. The van der Waals surface area contributed by atoms with Crippen LogP contribution in [0.25, 0.3) is 22.4 Å². The van der Waals surface area contributed by atoms with Crippen molar-refractivity contribution in [3.63, 3.8) is 0 Å². The Labute approximate surface area is 151 Å². The fourth-order valence-corrected chi connectivity index (χ4v) is 3.03. The number of rotatable bonds is 2. The number of nitrogens with two attached hydrogens (primary N) is 1. The molecule has 2 aromatic carbocycles. The first-order chi connectivity index (χ1) is 12.1. The summed E-state index contributed by atoms with van der Waals surface area (Å²) in [4.78, 5) is 0. The summed E-state index contributed by atoms with van der Waals surface area (Å²) in [7, 11) is 1.50. The number of halogens is 5. The van der Waals surface area contributed by atoms with Crippen molar-refractivity contribution in [3.05, 3.63) is 58.9 Å². The highest BCUT2D eigenvalue weighted by atomic mass is 35.5. The lowest BCUT2D eigenvalue weighted by Crippen LogP contribution is -2.04. The lowest BCUT2D eigenvalue weighted by molar-refractivity contribution is -0.137. The van der Waals surface area contributed by atoms with Gasteiger partial charge in [-0.3, -0.25) is 0 Å². The quantitative estimate of drug-likeness (QED) is 0.576. The summed E-state index contributed by atoms with van der Waals surface area (Å²) in [5.41, 5.74) is 5.53. The van der Waals surface area contributed by atoms with Crippen molar-refractivity contribution < 1.29 is 22.7 Å². The molecule has 8 heteroatoms. The van der Waals surface area contributed by atoms with Gasteiger partial charge in [0.25, 0.3) is 0 Å². The monoisotopic (exact) mass is 384 g/mol. The predicted molar refractivity (Wildman–Crippen MR) is 92.3 cm³/mol. The second-order valence-electron chi connectivity index (χ2n) is 5.70. The predicted octanol–water partition coefficient (Wildman–Crippen LogP) is 5.46. The van der Waals surface area contributed by atoms with Gasteiger partial charge in [-0.2, -0.15) is 13.2 Å². The number of benzene rings is 2. The Balaban J connectivity index is 2.25. The zero-order valence-corrected chi connectivity index (χ0v) is 14.2. The van der Waals surface area contributed by atoms with E-state index in [9.17, 15) is 22.7 Å². The highest BCUT2D eigenvalue weighted by Crippen LogP contribution is 2.47. The summed E-state index contributed by atoms with van der Waals surface area (Å²) < 4.78 is 54.0. The third kappa shape index (κ3) is 2.88. The van der Waals surface area contributed by atoms with Crippen molar-refractivity contribution >= 4 is 17.4 Å². The van der Waals surface area contributed by atoms with Crippen LogP contribution >= 0.6 is 11.6 Å². The molecule has 3 nitrogen and oxygen atoms in total. The number of alkyl halides is 3. The SMILES string of the molecule is Cn1c(N)c(-c2cccc(C(F)(F)F)c2)c(O)c1-c1cccc(F)c1Cl. The van der Waals surface area contributed by atoms with E-state index in [0.29, 0.717) is 0 Å². The molecule has 0 radical (unpaired) electrons. The number of aromatic nitrogens is 1. The molecule has 0 aliphatic rings. The van der Waals surface area contributed by atoms with Gasteiger partial charge in [0.2, 0.25) is 0 Å². The molecule has 0 bridgehead atoms. The van der Waals surface area contributed by atoms with Crippen molar-refractivity contribution in [1.82, 2.24) is 4.57 Å². The van der Waals surface area contributed by atoms with Gasteiger partial charge >= 0.3 is 6.18 Å². The lowest BCUT2D eigenvalue weighted by Gasteiger charge is -2.09. The maximum Gasteiger partial charge on any atom is 0.416 e. The topological polar surface area (TPSA) is 51.2 Å². The number of hydrogen-bond donors (Lipinski definition) is 2. The molecule has 3 rings (SSSR count). The van der Waals surface area contributed by atoms with Crippen molar-refractivity contribution in [2.45, 2.75) is 6.18 Å². The van der Waals surface area contributed by atoms with Crippen LogP contribution in [0.2, 0.25) is 5.02 Å². The van der Waals surface area contributed by atoms with Crippen molar-refractivity contribution in [1.29, 1.82) is 0 Å². The molecule has 0 amide bonds. The van der Waals surface area contributed by atoms with Gasteiger partial charge < -0.3 is 15.4 Å². The fraction of sp³-hybridized carbons (Fsp3) is 0.111. The van der Waals surface area contributed by atoms with Gasteiger partial charge in [-0.05, 0) is 23.8 Å². The molecule has 0 aliphatic carbocycles. The third-order valence-electron chi connectivity index (χ3n) is 4.10. The number of anilines is 1. The van der Waals surface area contributed by atoms with E-state index < -0.39 is 17.6 Å². The molecule has 136 valence electrons. The zero-order chi connectivity index (χ0) is 19.2. The van der Waals surface area contributed by atoms with Crippen LogP contribution in [-0.2, 0) is 13.2 Å². The van der Waals surface area contributed by atoms with E-state index in [-0.39, 0.29) is 39.0 Å². The summed E-state index contributed by atoms with van der Waals surface area (Å²) in [6, 6.07) is 8.48. The molecule has 0 atom stereocenters. The minimum atomic E-state index is -4.54. The highest BCUT2D eigenvalue weighted by Gasteiger charge is 2.31. The molecule has 1 heterocycles. The van der Waals surface area contributed by atoms with Gasteiger partial charge in [0.15, 0.2) is 5.75 Å². The van der Waals surface area contributed by atoms with E-state index in [2.05, 4.69) is 0 Å². The van der Waals surface area contributed by atoms with E-state index >= 15 is 0 Å². The number of aromatic hydroxyl groups is 1. The zero-order valence-electron chi connectivity index (χ0n) is 13.4. The van der Waals surface area contributed by atoms with Gasteiger partial charge in [0.1, 0.15) is 11.6 Å². The Hall–Kier alpha value is -2.67. The molecule has 3 aromatic rings. The molecule has 0 saturated heterocycles. The van der Waals surface area contributed by atoms with Crippen LogP contribution in [0.1, 0.15) is 5.56 Å². The molecule has 0 unspecified atom stereocenters. The molecular formula is C18H13ClF4N2O. The first-order valence-corrected chi connectivity index (χ1v) is 7.79. The Morgan fingerprint density at radius 3 is 2.42 bits per heavy atom. The Kier molecular flexibility index (Phi) is 4.36. The fourth-order valence-electron chi connectivity index (χ4n) is 2.82. The van der Waals surface area contributed by atoms with Gasteiger partial charge in [0, 0.05) is 12.6 Å². The standard InChI is InChI=1S/C18H13ClF4N2O/c1-25-15(11-6-3-7-12(20)14(11)19)16(26)13(17(25)24)9-4-2-5-10(8-9)18(21,22)23/h2-8,26H,24H2,1H3. The second-order valence-corrected chi connectivity index (χ2v) is 6.07. The molecule has 0 fully saturated rings. The maximum atomic E-state index is 13.8. The largest absolute Gasteiger partial charge is 0.505 e. The van der Waals surface area contributed by atoms with Crippen LogP contribution in [0, 0.1) is 5.82 Å². The first-order valence-electron chi connectivity index (χ1n) is 7.42. The molecule has 3 N–H and O–H groups in total. The van der Waals surface area contributed by atoms with Crippen molar-refractivity contribution in [2.75, 3.05) is 5.73 Å². The van der Waals surface area contributed by atoms with Crippen LogP contribution in [0.15, 0.2) is 42.5 Å². The summed E-state index contributed by atoms with van der Waals surface area (Å²) in [5.74, 6) is -1.04. The van der Waals surface area contributed by atoms with E-state index in [4.69, 9.17) is 17.3 Å². The van der Waals surface area contributed by atoms with Gasteiger partial charge in [-0.25, -0.2) is 4.39 Å². The third-order valence-corrected chi connectivity index (χ3v) is 4.48. The minimum Gasteiger partial charge on any atom is -0.505 e. The average molecular weight is 385 g/mol. The summed E-state index contributed by atoms with van der Waals surface area (Å²) in [6.07, 6.45) is -4.54. The highest BCUT2D eigenvalue weighted by molar-refractivity contribution is 6.33. The Bertz CT molecular complexity index is 996. The first kappa shape index (κ1) is 18.1. The van der Waals surface area contributed by atoms with E-state index in [1.165, 1.54) is 35.9 Å². The Morgan fingerprint density at radius 1 is 1.12 bits per heavy atom. The number of nitrogen functional groups attached to an aromatic ring is 1. The van der Waals surface area contributed by atoms with Crippen LogP contribution in [0.3, 0.4) is 0 Å². The molecule has 26 heavy (non-hydrogen) atoms. The number of hydrogen-bond acceptors (Lipinski definition) is 2. The van der Waals surface area contributed by atoms with Crippen LogP contribution in [0.5, 0.6) is 5.75 Å². The van der Waals surface area contributed by atoms with Gasteiger partial charge in [-0.1, -0.05) is 35.9 Å². The molecule has 0 saturated carbocycles. The average Bonchev–Trinajstić information content (AvgIpc) is 2.79. The summed E-state index contributed by atoms with van der Waals surface area (Å²) in [5, 5.41) is 10.4. The van der Waals surface area contributed by atoms with Crippen LogP contribution in [0.4, 0.5) is 23.4 Å². The van der Waals surface area contributed by atoms with E-state index in [1.54, 1.807) is 0 Å². The smallest absolute Gasteiger partial charge is 0.416 e. The second kappa shape index (κ2) is 6.25. The summed E-state index contributed by atoms with van der Waals surface area (Å²) in [6.45, 7) is 0. The van der Waals surface area contributed by atoms with Gasteiger partial charge in [0.05, 0.1) is 21.8 Å². The Morgan fingerprint density at radius 2 is 1.77 bits per heavy atom. The van der Waals surface area contributed by atoms with Crippen molar-refractivity contribution in [3.8, 4) is 28.1 Å². The maximum absolute atomic E-state index is 13.8. The van der Waals surface area contributed by atoms with Gasteiger partial charge in [-0.15, -0.1) is 0 Å². The van der Waals surface area contributed by atoms with E-state index in [0.717, 1.165) is 18.2 Å².